The molecule has 0 aromatic heterocycles. The number of sulfone groups is 1. The molecule has 1 aliphatic heterocycles. The van der Waals surface area contributed by atoms with Crippen LogP contribution in [0.25, 0.3) is 0 Å². The van der Waals surface area contributed by atoms with E-state index in [0.717, 1.165) is 38.5 Å². The molecule has 4 saturated carbocycles. The molecule has 1 heterocycles. The minimum absolute atomic E-state index is 0. The number of ketones is 1. The van der Waals surface area contributed by atoms with Crippen LogP contribution in [0.4, 0.5) is 4.79 Å². The molecule has 290 valence electrons. The summed E-state index contributed by atoms with van der Waals surface area (Å²) < 4.78 is 25.7. The summed E-state index contributed by atoms with van der Waals surface area (Å²) in [6.07, 6.45) is 7.14. The second kappa shape index (κ2) is 13.9. The maximum absolute atomic E-state index is 14.5. The van der Waals surface area contributed by atoms with Crippen molar-refractivity contribution in [3.63, 3.8) is 0 Å². The summed E-state index contributed by atoms with van der Waals surface area (Å²) in [4.78, 5) is 70.7. The Kier molecular flexibility index (Phi) is 11.2. The number of carbonyl (C=O) groups excluding carboxylic acids is 5. The Hall–Kier alpha value is -2.70. The number of hydrogen-bond acceptors (Lipinski definition) is 7. The predicted molar refractivity (Wildman–Crippen MR) is 197 cm³/mol. The first-order valence-electron chi connectivity index (χ1n) is 18.8. The lowest BCUT2D eigenvalue weighted by Crippen LogP contribution is -2.64. The van der Waals surface area contributed by atoms with E-state index in [9.17, 15) is 32.4 Å². The van der Waals surface area contributed by atoms with Gasteiger partial charge in [0.25, 0.3) is 5.91 Å². The van der Waals surface area contributed by atoms with E-state index in [0.29, 0.717) is 32.2 Å². The Bertz CT molecular complexity index is 1500. The van der Waals surface area contributed by atoms with Crippen molar-refractivity contribution in [3.05, 3.63) is 0 Å². The quantitative estimate of drug-likeness (QED) is 0.217. The second-order valence-corrected chi connectivity index (χ2v) is 21.5. The zero-order valence-electron chi connectivity index (χ0n) is 31.7. The lowest BCUT2D eigenvalue weighted by Gasteiger charge is -2.41. The van der Waals surface area contributed by atoms with Crippen molar-refractivity contribution >= 4 is 39.4 Å². The van der Waals surface area contributed by atoms with Crippen LogP contribution in [-0.2, 0) is 29.0 Å². The smallest absolute Gasteiger partial charge is 0.315 e. The molecule has 6 atom stereocenters. The summed E-state index contributed by atoms with van der Waals surface area (Å²) in [5.41, 5.74) is -3.18. The normalized spacial score (nSPS) is 29.8. The van der Waals surface area contributed by atoms with Crippen molar-refractivity contribution < 1.29 is 32.4 Å². The Morgan fingerprint density at radius 2 is 1.53 bits per heavy atom. The number of urea groups is 1. The molecule has 12 nitrogen and oxygen atoms in total. The van der Waals surface area contributed by atoms with Gasteiger partial charge in [0.2, 0.25) is 17.6 Å². The van der Waals surface area contributed by atoms with Gasteiger partial charge in [-0.05, 0) is 87.9 Å². The van der Waals surface area contributed by atoms with Gasteiger partial charge < -0.3 is 26.2 Å². The molecule has 0 radical (unpaired) electrons. The minimum Gasteiger partial charge on any atom is -0.347 e. The van der Waals surface area contributed by atoms with Gasteiger partial charge in [-0.25, -0.2) is 13.2 Å². The van der Waals surface area contributed by atoms with Crippen LogP contribution in [0.5, 0.6) is 0 Å². The Morgan fingerprint density at radius 3 is 2.06 bits per heavy atom. The van der Waals surface area contributed by atoms with Gasteiger partial charge in [0.1, 0.15) is 17.6 Å². The van der Waals surface area contributed by atoms with Crippen molar-refractivity contribution in [2.75, 3.05) is 12.3 Å². The Labute approximate surface area is 306 Å². The molecule has 0 spiro atoms. The molecule has 5 aliphatic rings. The number of nitrogens with one attached hydrogen (secondary N) is 4. The van der Waals surface area contributed by atoms with Gasteiger partial charge in [-0.3, -0.25) is 19.2 Å². The second-order valence-electron chi connectivity index (χ2n) is 18.7. The van der Waals surface area contributed by atoms with Crippen molar-refractivity contribution in [3.8, 4) is 0 Å². The van der Waals surface area contributed by atoms with E-state index in [1.165, 1.54) is 0 Å². The number of piperidine rings is 1. The number of amides is 5. The monoisotopic (exact) mass is 735 g/mol. The number of likely N-dealkylation sites (tertiary alicyclic amines) is 1. The van der Waals surface area contributed by atoms with E-state index >= 15 is 0 Å². The van der Waals surface area contributed by atoms with Crippen LogP contribution in [0, 0.1) is 28.6 Å². The van der Waals surface area contributed by atoms with Crippen LogP contribution >= 0.6 is 0 Å². The fourth-order valence-electron chi connectivity index (χ4n) is 8.64. The highest BCUT2D eigenvalue weighted by molar-refractivity contribution is 7.92. The van der Waals surface area contributed by atoms with Gasteiger partial charge in [0.15, 0.2) is 9.84 Å². The van der Waals surface area contributed by atoms with E-state index in [4.69, 9.17) is 0 Å². The summed E-state index contributed by atoms with van der Waals surface area (Å²) in [7, 11) is -3.56. The van der Waals surface area contributed by atoms with Crippen molar-refractivity contribution in [2.45, 2.75) is 168 Å². The number of carbonyl (C=O) groups is 5. The molecule has 0 aromatic rings. The van der Waals surface area contributed by atoms with E-state index in [2.05, 4.69) is 35.1 Å². The fourth-order valence-corrected chi connectivity index (χ4v) is 10.2. The van der Waals surface area contributed by atoms with Crippen LogP contribution in [-0.4, -0.2) is 89.1 Å². The molecule has 0 bridgehead atoms. The first-order valence-corrected chi connectivity index (χ1v) is 20.4. The lowest BCUT2D eigenvalue weighted by molar-refractivity contribution is -0.146. The summed E-state index contributed by atoms with van der Waals surface area (Å²) in [5, 5.41) is 11.7. The molecule has 0 unspecified atom stereocenters. The number of rotatable bonds is 12. The summed E-state index contributed by atoms with van der Waals surface area (Å²) in [5.74, 6) is -2.51. The lowest BCUT2D eigenvalue weighted by atomic mass is 9.83. The van der Waals surface area contributed by atoms with Crippen LogP contribution in [0.2, 0.25) is 0 Å². The zero-order valence-corrected chi connectivity index (χ0v) is 32.5. The van der Waals surface area contributed by atoms with Crippen LogP contribution in [0.1, 0.15) is 134 Å². The summed E-state index contributed by atoms with van der Waals surface area (Å²) in [6, 6.07) is -2.49. The summed E-state index contributed by atoms with van der Waals surface area (Å²) in [6.45, 7) is 17.0. The van der Waals surface area contributed by atoms with E-state index in [1.807, 2.05) is 27.7 Å². The average Bonchev–Trinajstić information content (AvgIpc) is 3.94. The standard InChI is InChI=1S/C37H61N5O7S.CH4/c1-10-14-22-19-37(22,28(43)30(45)38-23-15-16-23)40-29(44)26-25-24(35(25,8)9)20-42(26)31(46)27(33(2,3)4)39-32(47)41-36(17-12-11-13-18-36)21-50(48,49)34(5,6)7;/h22-27H,10-21H2,1-9H3,(H,38,45)(H,40,44)(H2,39,41,47);1H4/t22-,24-,25-,26-,27+,37+;/m0./s1. The fraction of sp³-hybridized carbons (Fsp3) is 0.868. The maximum atomic E-state index is 14.5. The van der Waals surface area contributed by atoms with Crippen LogP contribution < -0.4 is 21.3 Å². The first kappa shape index (κ1) is 41.1. The third-order valence-electron chi connectivity index (χ3n) is 12.3. The van der Waals surface area contributed by atoms with E-state index < -0.39 is 72.7 Å². The van der Waals surface area contributed by atoms with Gasteiger partial charge in [-0.2, -0.15) is 0 Å². The maximum Gasteiger partial charge on any atom is 0.315 e. The average molecular weight is 736 g/mol. The van der Waals surface area contributed by atoms with E-state index in [-0.39, 0.29) is 42.4 Å². The largest absolute Gasteiger partial charge is 0.347 e. The molecule has 1 saturated heterocycles. The number of hydrogen-bond donors (Lipinski definition) is 4. The molecule has 51 heavy (non-hydrogen) atoms. The zero-order chi connectivity index (χ0) is 37.2. The van der Waals surface area contributed by atoms with Gasteiger partial charge in [-0.15, -0.1) is 0 Å². The molecule has 4 N–H and O–H groups in total. The SMILES string of the molecule is C.CCC[C@H]1C[C@]1(NC(=O)[C@@H]1[C@@H]2[C@H](CN1C(=O)[C@@H](NC(=O)NC1(CS(=O)(=O)C(C)(C)C)CCCCC1)C(C)(C)C)C2(C)C)C(=O)C(=O)NC1CC1. The molecular weight excluding hydrogens is 671 g/mol. The Balaban J connectivity index is 0.00000583. The third kappa shape index (κ3) is 8.12. The highest BCUT2D eigenvalue weighted by atomic mass is 32.2. The number of Topliss-reactive ketones (excluding diaryl/α,β-unsaturated/α-hetero) is 1. The highest BCUT2D eigenvalue weighted by Crippen LogP contribution is 2.65. The van der Waals surface area contributed by atoms with Crippen molar-refractivity contribution in [1.82, 2.24) is 26.2 Å². The van der Waals surface area contributed by atoms with Gasteiger partial charge in [0.05, 0.1) is 16.0 Å². The number of nitrogens with zero attached hydrogens (tertiary/aromatic N) is 1. The topological polar surface area (TPSA) is 171 Å². The first-order chi connectivity index (χ1) is 23.0. The number of fused-ring (bicyclic) bond motifs is 1. The molecule has 5 amide bonds. The molecule has 13 heteroatoms. The van der Waals surface area contributed by atoms with Crippen LogP contribution in [0.15, 0.2) is 0 Å². The molecule has 4 aliphatic carbocycles. The van der Waals surface area contributed by atoms with E-state index in [1.54, 1.807) is 25.7 Å². The van der Waals surface area contributed by atoms with Gasteiger partial charge >= 0.3 is 6.03 Å². The molecular formula is C38H65N5O7S. The van der Waals surface area contributed by atoms with Crippen molar-refractivity contribution in [2.24, 2.45) is 28.6 Å². The third-order valence-corrected chi connectivity index (χ3v) is 15.1. The van der Waals surface area contributed by atoms with Gasteiger partial charge in [-0.1, -0.05) is 74.7 Å². The predicted octanol–water partition coefficient (Wildman–Crippen LogP) is 4.26. The highest BCUT2D eigenvalue weighted by Gasteiger charge is 2.71. The van der Waals surface area contributed by atoms with Crippen LogP contribution in [0.3, 0.4) is 0 Å². The minimum atomic E-state index is -3.56. The summed E-state index contributed by atoms with van der Waals surface area (Å²) >= 11 is 0. The molecule has 5 fully saturated rings. The molecule has 0 aromatic carbocycles. The van der Waals surface area contributed by atoms with Crippen molar-refractivity contribution in [1.29, 1.82) is 0 Å². The Morgan fingerprint density at radius 1 is 0.922 bits per heavy atom. The van der Waals surface area contributed by atoms with Gasteiger partial charge in [0, 0.05) is 12.6 Å². The molecule has 5 rings (SSSR count).